The Bertz CT molecular complexity index is 1110. The van der Waals surface area contributed by atoms with E-state index >= 15 is 0 Å². The fourth-order valence-corrected chi connectivity index (χ4v) is 3.15. The maximum absolute atomic E-state index is 12.2. The van der Waals surface area contributed by atoms with E-state index in [1.807, 2.05) is 30.3 Å². The molecule has 1 amide bonds. The molecule has 148 valence electrons. The van der Waals surface area contributed by atoms with Crippen LogP contribution < -0.4 is 20.3 Å². The third kappa shape index (κ3) is 4.57. The number of carbonyl (C=O) groups is 1. The van der Waals surface area contributed by atoms with Crippen molar-refractivity contribution in [3.8, 4) is 22.8 Å². The summed E-state index contributed by atoms with van der Waals surface area (Å²) in [7, 11) is 0. The molecule has 2 heterocycles. The highest BCUT2D eigenvalue weighted by molar-refractivity contribution is 6.30. The van der Waals surface area contributed by atoms with Crippen LogP contribution in [-0.4, -0.2) is 22.5 Å². The van der Waals surface area contributed by atoms with Crippen LogP contribution in [0.25, 0.3) is 11.3 Å². The van der Waals surface area contributed by atoms with Crippen LogP contribution in [0.4, 0.5) is 0 Å². The lowest BCUT2D eigenvalue weighted by Crippen LogP contribution is -2.28. The molecule has 29 heavy (non-hydrogen) atoms. The number of carbonyl (C=O) groups excluding carboxylic acids is 1. The van der Waals surface area contributed by atoms with Crippen LogP contribution in [0.15, 0.2) is 59.4 Å². The first kappa shape index (κ1) is 19.0. The van der Waals surface area contributed by atoms with Crippen molar-refractivity contribution in [3.63, 3.8) is 0 Å². The van der Waals surface area contributed by atoms with E-state index in [9.17, 15) is 9.59 Å². The number of aryl methyl sites for hydroxylation is 1. The number of fused-ring (bicyclic) bond motifs is 1. The second-order valence-electron chi connectivity index (χ2n) is 6.50. The summed E-state index contributed by atoms with van der Waals surface area (Å²) in [6.45, 7) is 0.752. The first-order chi connectivity index (χ1) is 14.1. The highest BCUT2D eigenvalue weighted by Gasteiger charge is 2.13. The van der Waals surface area contributed by atoms with Crippen LogP contribution in [0.5, 0.6) is 11.5 Å². The number of benzene rings is 2. The minimum atomic E-state index is -0.264. The van der Waals surface area contributed by atoms with Crippen molar-refractivity contribution in [2.24, 2.45) is 0 Å². The molecule has 7 nitrogen and oxygen atoms in total. The lowest BCUT2D eigenvalue weighted by Gasteiger charge is -2.09. The highest BCUT2D eigenvalue weighted by Crippen LogP contribution is 2.32. The Kier molecular flexibility index (Phi) is 5.48. The summed E-state index contributed by atoms with van der Waals surface area (Å²) in [5, 5.41) is 7.77. The molecular weight excluding hydrogens is 394 g/mol. The molecule has 0 saturated carbocycles. The molecule has 0 unspecified atom stereocenters. The van der Waals surface area contributed by atoms with Crippen molar-refractivity contribution < 1.29 is 14.3 Å². The van der Waals surface area contributed by atoms with Gasteiger partial charge < -0.3 is 14.8 Å². The molecule has 1 aliphatic heterocycles. The van der Waals surface area contributed by atoms with Crippen molar-refractivity contribution in [3.05, 3.63) is 75.5 Å². The zero-order valence-electron chi connectivity index (χ0n) is 15.4. The van der Waals surface area contributed by atoms with Crippen molar-refractivity contribution in [1.29, 1.82) is 0 Å². The van der Waals surface area contributed by atoms with Gasteiger partial charge in [-0.1, -0.05) is 29.8 Å². The molecule has 0 bridgehead atoms. The Morgan fingerprint density at radius 3 is 2.83 bits per heavy atom. The number of aromatic nitrogens is 2. The zero-order valence-corrected chi connectivity index (χ0v) is 16.2. The third-order valence-electron chi connectivity index (χ3n) is 4.46. The molecule has 4 rings (SSSR count). The van der Waals surface area contributed by atoms with Gasteiger partial charge in [0, 0.05) is 29.6 Å². The summed E-state index contributed by atoms with van der Waals surface area (Å²) < 4.78 is 11.9. The van der Waals surface area contributed by atoms with Crippen molar-refractivity contribution in [2.45, 2.75) is 19.5 Å². The lowest BCUT2D eigenvalue weighted by molar-refractivity contribution is -0.121. The molecule has 1 N–H and O–H groups in total. The predicted molar refractivity (Wildman–Crippen MR) is 108 cm³/mol. The van der Waals surface area contributed by atoms with E-state index in [1.54, 1.807) is 18.2 Å². The predicted octanol–water partition coefficient (Wildman–Crippen LogP) is 3.00. The molecule has 3 aromatic rings. The van der Waals surface area contributed by atoms with E-state index in [4.69, 9.17) is 21.1 Å². The summed E-state index contributed by atoms with van der Waals surface area (Å²) in [4.78, 5) is 24.3. The van der Waals surface area contributed by atoms with E-state index in [0.717, 1.165) is 11.1 Å². The zero-order chi connectivity index (χ0) is 20.2. The lowest BCUT2D eigenvalue weighted by atomic mass is 10.1. The number of rotatable bonds is 6. The van der Waals surface area contributed by atoms with Gasteiger partial charge in [-0.2, -0.15) is 5.10 Å². The first-order valence-corrected chi connectivity index (χ1v) is 9.45. The van der Waals surface area contributed by atoms with Gasteiger partial charge in [0.15, 0.2) is 11.5 Å². The van der Waals surface area contributed by atoms with Gasteiger partial charge in [0.25, 0.3) is 5.56 Å². The van der Waals surface area contributed by atoms with Crippen molar-refractivity contribution in [2.75, 3.05) is 6.79 Å². The van der Waals surface area contributed by atoms with Crippen LogP contribution in [0.1, 0.15) is 12.0 Å². The summed E-state index contributed by atoms with van der Waals surface area (Å²) in [6, 6.07) is 15.8. The second kappa shape index (κ2) is 8.36. The number of nitrogens with one attached hydrogen (secondary N) is 1. The number of nitrogens with zero attached hydrogens (tertiary/aromatic N) is 2. The van der Waals surface area contributed by atoms with Crippen molar-refractivity contribution in [1.82, 2.24) is 15.1 Å². The fourth-order valence-electron chi connectivity index (χ4n) is 2.96. The maximum atomic E-state index is 12.2. The number of hydrogen-bond donors (Lipinski definition) is 1. The van der Waals surface area contributed by atoms with E-state index in [-0.39, 0.29) is 31.2 Å². The fraction of sp³-hybridized carbons (Fsp3) is 0.190. The Morgan fingerprint density at radius 2 is 1.97 bits per heavy atom. The van der Waals surface area contributed by atoms with Crippen LogP contribution in [0.3, 0.4) is 0 Å². The van der Waals surface area contributed by atoms with Gasteiger partial charge in [0.1, 0.15) is 0 Å². The Morgan fingerprint density at radius 1 is 1.10 bits per heavy atom. The molecule has 0 fully saturated rings. The minimum Gasteiger partial charge on any atom is -0.454 e. The smallest absolute Gasteiger partial charge is 0.266 e. The molecule has 0 radical (unpaired) electrons. The molecule has 0 atom stereocenters. The molecule has 1 aliphatic rings. The van der Waals surface area contributed by atoms with Crippen LogP contribution in [-0.2, 0) is 17.9 Å². The monoisotopic (exact) mass is 411 g/mol. The average Bonchev–Trinajstić information content (AvgIpc) is 3.19. The van der Waals surface area contributed by atoms with Gasteiger partial charge in [-0.3, -0.25) is 9.59 Å². The van der Waals surface area contributed by atoms with Crippen molar-refractivity contribution >= 4 is 17.5 Å². The first-order valence-electron chi connectivity index (χ1n) is 9.08. The number of halogens is 1. The van der Waals surface area contributed by atoms with E-state index in [2.05, 4.69) is 10.4 Å². The Labute approximate surface area is 171 Å². The largest absolute Gasteiger partial charge is 0.454 e. The quantitative estimate of drug-likeness (QED) is 0.674. The van der Waals surface area contributed by atoms with E-state index in [1.165, 1.54) is 10.7 Å². The molecule has 1 aromatic heterocycles. The van der Waals surface area contributed by atoms with Crippen LogP contribution in [0, 0.1) is 0 Å². The molecule has 0 aliphatic carbocycles. The molecule has 8 heteroatoms. The van der Waals surface area contributed by atoms with Gasteiger partial charge in [0.05, 0.1) is 12.2 Å². The molecular formula is C21H18ClN3O4. The summed E-state index contributed by atoms with van der Waals surface area (Å²) in [5.41, 5.74) is 2.06. The SMILES string of the molecule is O=C(CCn1nc(-c2cccc(Cl)c2)ccc1=O)NCc1ccc2c(c1)OCO2. The Hall–Kier alpha value is -3.32. The minimum absolute atomic E-state index is 0.135. The highest BCUT2D eigenvalue weighted by atomic mass is 35.5. The van der Waals surface area contributed by atoms with Gasteiger partial charge in [-0.25, -0.2) is 4.68 Å². The normalized spacial score (nSPS) is 12.0. The molecule has 2 aromatic carbocycles. The van der Waals surface area contributed by atoms with E-state index < -0.39 is 0 Å². The summed E-state index contributed by atoms with van der Waals surface area (Å²) in [6.07, 6.45) is 0.135. The number of hydrogen-bond acceptors (Lipinski definition) is 5. The summed E-state index contributed by atoms with van der Waals surface area (Å²) >= 11 is 6.02. The number of ether oxygens (including phenoxy) is 2. The summed E-state index contributed by atoms with van der Waals surface area (Å²) in [5.74, 6) is 1.19. The maximum Gasteiger partial charge on any atom is 0.266 e. The van der Waals surface area contributed by atoms with Gasteiger partial charge in [-0.05, 0) is 35.9 Å². The van der Waals surface area contributed by atoms with Gasteiger partial charge in [0.2, 0.25) is 12.7 Å². The average molecular weight is 412 g/mol. The Balaban J connectivity index is 1.36. The second-order valence-corrected chi connectivity index (χ2v) is 6.94. The van der Waals surface area contributed by atoms with Gasteiger partial charge >= 0.3 is 0 Å². The third-order valence-corrected chi connectivity index (χ3v) is 4.70. The van der Waals surface area contributed by atoms with Crippen LogP contribution >= 0.6 is 11.6 Å². The van der Waals surface area contributed by atoms with Crippen LogP contribution in [0.2, 0.25) is 5.02 Å². The van der Waals surface area contributed by atoms with Gasteiger partial charge in [-0.15, -0.1) is 0 Å². The molecule has 0 spiro atoms. The number of amides is 1. The standard InChI is InChI=1S/C21H18ClN3O4/c22-16-3-1-2-15(11-16)17-5-7-21(27)25(24-17)9-8-20(26)23-12-14-4-6-18-19(10-14)29-13-28-18/h1-7,10-11H,8-9,12-13H2,(H,23,26). The molecule has 0 saturated heterocycles. The van der Waals surface area contributed by atoms with E-state index in [0.29, 0.717) is 28.8 Å². The topological polar surface area (TPSA) is 82.5 Å².